The summed E-state index contributed by atoms with van der Waals surface area (Å²) in [6.45, 7) is 0. The van der Waals surface area contributed by atoms with E-state index in [2.05, 4.69) is 20.3 Å². The van der Waals surface area contributed by atoms with Crippen molar-refractivity contribution < 1.29 is 9.53 Å². The average Bonchev–Trinajstić information content (AvgIpc) is 2.98. The molecule has 20 heavy (non-hydrogen) atoms. The summed E-state index contributed by atoms with van der Waals surface area (Å²) in [6, 6.07) is 7.30. The summed E-state index contributed by atoms with van der Waals surface area (Å²) >= 11 is 1.33. The Morgan fingerprint density at radius 3 is 2.65 bits per heavy atom. The van der Waals surface area contributed by atoms with Crippen molar-refractivity contribution in [3.63, 3.8) is 0 Å². The highest BCUT2D eigenvalue weighted by atomic mass is 32.1. The number of methoxy groups -OCH3 is 1. The van der Waals surface area contributed by atoms with Crippen molar-refractivity contribution in [2.75, 3.05) is 12.4 Å². The van der Waals surface area contributed by atoms with Gasteiger partial charge in [0.15, 0.2) is 10.8 Å². The SMILES string of the molecule is COc1nc2ccccc2nc1C(=O)Nc1nccs1. The Kier molecular flexibility index (Phi) is 3.26. The lowest BCUT2D eigenvalue weighted by molar-refractivity contribution is 0.101. The minimum absolute atomic E-state index is 0.140. The molecule has 0 aliphatic heterocycles. The molecule has 0 bridgehead atoms. The summed E-state index contributed by atoms with van der Waals surface area (Å²) in [7, 11) is 1.46. The van der Waals surface area contributed by atoms with Crippen LogP contribution in [0.2, 0.25) is 0 Å². The fourth-order valence-corrected chi connectivity index (χ4v) is 2.24. The maximum absolute atomic E-state index is 12.2. The molecule has 100 valence electrons. The molecule has 0 aliphatic rings. The van der Waals surface area contributed by atoms with Gasteiger partial charge in [-0.3, -0.25) is 10.1 Å². The number of aromatic nitrogens is 3. The van der Waals surface area contributed by atoms with Gasteiger partial charge in [-0.25, -0.2) is 15.0 Å². The molecule has 0 radical (unpaired) electrons. The third-order valence-electron chi connectivity index (χ3n) is 2.60. The van der Waals surface area contributed by atoms with Crippen LogP contribution in [0.15, 0.2) is 35.8 Å². The summed E-state index contributed by atoms with van der Waals surface area (Å²) in [4.78, 5) is 24.8. The number of amides is 1. The number of carbonyl (C=O) groups excluding carboxylic acids is 1. The standard InChI is InChI=1S/C13H10N4O2S/c1-19-12-10(11(18)17-13-14-6-7-20-13)15-8-4-2-3-5-9(8)16-12/h2-7H,1H3,(H,14,17,18). The van der Waals surface area contributed by atoms with E-state index >= 15 is 0 Å². The molecule has 0 spiro atoms. The lowest BCUT2D eigenvalue weighted by atomic mass is 10.3. The van der Waals surface area contributed by atoms with Gasteiger partial charge in [0.05, 0.1) is 18.1 Å². The van der Waals surface area contributed by atoms with E-state index in [1.807, 2.05) is 18.2 Å². The summed E-state index contributed by atoms with van der Waals surface area (Å²) in [6.07, 6.45) is 1.61. The molecule has 0 fully saturated rings. The van der Waals surface area contributed by atoms with Gasteiger partial charge in [-0.05, 0) is 12.1 Å². The normalized spacial score (nSPS) is 10.4. The summed E-state index contributed by atoms with van der Waals surface area (Å²) in [5.41, 5.74) is 1.45. The number of nitrogens with one attached hydrogen (secondary N) is 1. The second-order valence-electron chi connectivity index (χ2n) is 3.86. The molecule has 3 aromatic rings. The van der Waals surface area contributed by atoms with Crippen molar-refractivity contribution in [3.05, 3.63) is 41.5 Å². The van der Waals surface area contributed by atoms with Crippen LogP contribution in [0.4, 0.5) is 5.13 Å². The molecule has 0 unspecified atom stereocenters. The number of rotatable bonds is 3. The van der Waals surface area contributed by atoms with Crippen LogP contribution in [-0.4, -0.2) is 28.0 Å². The number of hydrogen-bond acceptors (Lipinski definition) is 6. The third-order valence-corrected chi connectivity index (χ3v) is 3.29. The molecule has 1 N–H and O–H groups in total. The molecule has 7 heteroatoms. The monoisotopic (exact) mass is 286 g/mol. The van der Waals surface area contributed by atoms with Gasteiger partial charge in [0, 0.05) is 11.6 Å². The van der Waals surface area contributed by atoms with E-state index in [9.17, 15) is 4.79 Å². The first-order chi connectivity index (χ1) is 9.78. The average molecular weight is 286 g/mol. The van der Waals surface area contributed by atoms with Gasteiger partial charge in [-0.1, -0.05) is 12.1 Å². The van der Waals surface area contributed by atoms with Crippen LogP contribution in [0, 0.1) is 0 Å². The van der Waals surface area contributed by atoms with E-state index in [0.29, 0.717) is 16.2 Å². The van der Waals surface area contributed by atoms with E-state index in [1.165, 1.54) is 18.4 Å². The number of hydrogen-bond donors (Lipinski definition) is 1. The zero-order valence-electron chi connectivity index (χ0n) is 10.5. The lowest BCUT2D eigenvalue weighted by Gasteiger charge is -2.07. The largest absolute Gasteiger partial charge is 0.479 e. The number of carbonyl (C=O) groups is 1. The number of thiazole rings is 1. The Labute approximate surface area is 118 Å². The minimum atomic E-state index is -0.393. The Hall–Kier alpha value is -2.54. The summed E-state index contributed by atoms with van der Waals surface area (Å²) in [5.74, 6) is -0.201. The van der Waals surface area contributed by atoms with Crippen LogP contribution in [0.1, 0.15) is 10.5 Å². The van der Waals surface area contributed by atoms with Crippen molar-refractivity contribution >= 4 is 33.4 Å². The van der Waals surface area contributed by atoms with Crippen LogP contribution in [0.5, 0.6) is 5.88 Å². The summed E-state index contributed by atoms with van der Waals surface area (Å²) < 4.78 is 5.14. The molecule has 2 heterocycles. The van der Waals surface area contributed by atoms with Crippen molar-refractivity contribution in [2.24, 2.45) is 0 Å². The van der Waals surface area contributed by atoms with Gasteiger partial charge in [0.25, 0.3) is 5.91 Å². The molecule has 1 amide bonds. The van der Waals surface area contributed by atoms with E-state index in [1.54, 1.807) is 17.6 Å². The molecule has 0 saturated carbocycles. The zero-order chi connectivity index (χ0) is 13.9. The zero-order valence-corrected chi connectivity index (χ0v) is 11.3. The highest BCUT2D eigenvalue weighted by molar-refractivity contribution is 7.13. The first kappa shape index (κ1) is 12.5. The quantitative estimate of drug-likeness (QED) is 0.799. The second kappa shape index (κ2) is 5.22. The van der Waals surface area contributed by atoms with Crippen molar-refractivity contribution in [1.29, 1.82) is 0 Å². The lowest BCUT2D eigenvalue weighted by Crippen LogP contribution is -2.15. The highest BCUT2D eigenvalue weighted by Crippen LogP contribution is 2.20. The minimum Gasteiger partial charge on any atom is -0.479 e. The number of benzene rings is 1. The van der Waals surface area contributed by atoms with Crippen LogP contribution >= 0.6 is 11.3 Å². The smallest absolute Gasteiger partial charge is 0.281 e. The molecule has 3 rings (SSSR count). The van der Waals surface area contributed by atoms with Gasteiger partial charge in [0.1, 0.15) is 0 Å². The summed E-state index contributed by atoms with van der Waals surface area (Å²) in [5, 5.41) is 4.95. The Balaban J connectivity index is 2.02. The molecule has 0 atom stereocenters. The van der Waals surface area contributed by atoms with Crippen LogP contribution in [0.3, 0.4) is 0 Å². The number of ether oxygens (including phenoxy) is 1. The van der Waals surface area contributed by atoms with Crippen molar-refractivity contribution in [1.82, 2.24) is 15.0 Å². The van der Waals surface area contributed by atoms with Gasteiger partial charge in [-0.15, -0.1) is 11.3 Å². The molecular weight excluding hydrogens is 276 g/mol. The maximum Gasteiger partial charge on any atom is 0.281 e. The Morgan fingerprint density at radius 2 is 2.00 bits per heavy atom. The van der Waals surface area contributed by atoms with Crippen LogP contribution in [0.25, 0.3) is 11.0 Å². The van der Waals surface area contributed by atoms with E-state index in [-0.39, 0.29) is 11.6 Å². The molecular formula is C13H10N4O2S. The second-order valence-corrected chi connectivity index (χ2v) is 4.76. The fraction of sp³-hybridized carbons (Fsp3) is 0.0769. The first-order valence-corrected chi connectivity index (χ1v) is 6.67. The van der Waals surface area contributed by atoms with Gasteiger partial charge in [0.2, 0.25) is 5.88 Å². The van der Waals surface area contributed by atoms with Crippen LogP contribution in [-0.2, 0) is 0 Å². The van der Waals surface area contributed by atoms with Crippen LogP contribution < -0.4 is 10.1 Å². The molecule has 6 nitrogen and oxygen atoms in total. The van der Waals surface area contributed by atoms with Gasteiger partial charge >= 0.3 is 0 Å². The number of nitrogens with zero attached hydrogens (tertiary/aromatic N) is 3. The number of para-hydroxylation sites is 2. The molecule has 1 aromatic carbocycles. The fourth-order valence-electron chi connectivity index (χ4n) is 1.72. The van der Waals surface area contributed by atoms with Gasteiger partial charge in [-0.2, -0.15) is 0 Å². The number of anilines is 1. The van der Waals surface area contributed by atoms with E-state index < -0.39 is 5.91 Å². The van der Waals surface area contributed by atoms with Gasteiger partial charge < -0.3 is 4.74 Å². The molecule has 0 aliphatic carbocycles. The molecule has 0 saturated heterocycles. The highest BCUT2D eigenvalue weighted by Gasteiger charge is 2.18. The predicted molar refractivity (Wildman–Crippen MR) is 76.2 cm³/mol. The van der Waals surface area contributed by atoms with Crippen molar-refractivity contribution in [3.8, 4) is 5.88 Å². The Bertz CT molecular complexity index is 758. The molecule has 2 aromatic heterocycles. The first-order valence-electron chi connectivity index (χ1n) is 5.79. The topological polar surface area (TPSA) is 77.0 Å². The number of fused-ring (bicyclic) bond motifs is 1. The predicted octanol–water partition coefficient (Wildman–Crippen LogP) is 2.35. The van der Waals surface area contributed by atoms with E-state index in [4.69, 9.17) is 4.74 Å². The van der Waals surface area contributed by atoms with E-state index in [0.717, 1.165) is 0 Å². The van der Waals surface area contributed by atoms with Crippen molar-refractivity contribution in [2.45, 2.75) is 0 Å². The third kappa shape index (κ3) is 2.30. The maximum atomic E-state index is 12.2. The Morgan fingerprint density at radius 1 is 1.25 bits per heavy atom.